The van der Waals surface area contributed by atoms with Gasteiger partial charge in [0.1, 0.15) is 10.6 Å². The van der Waals surface area contributed by atoms with E-state index in [1.54, 1.807) is 0 Å². The minimum atomic E-state index is -0.871. The molecule has 0 aromatic heterocycles. The van der Waals surface area contributed by atoms with E-state index >= 15 is 0 Å². The smallest absolute Gasteiger partial charge is 0.346 e. The third-order valence-electron chi connectivity index (χ3n) is 2.58. The van der Waals surface area contributed by atoms with Crippen molar-refractivity contribution in [2.45, 2.75) is 19.1 Å². The average Bonchev–Trinajstić information content (AvgIpc) is 2.57. The number of rotatable bonds is 2. The summed E-state index contributed by atoms with van der Waals surface area (Å²) in [5.41, 5.74) is 1.83. The fourth-order valence-corrected chi connectivity index (χ4v) is 2.41. The number of carbonyl (C=O) groups is 1. The van der Waals surface area contributed by atoms with Gasteiger partial charge in [-0.1, -0.05) is 29.8 Å². The standard InChI is InChI=1S/C12H10Br2O3/c1-6-2-4-7(5-3-6)10(15)11-8(13)9(14)12(16)17-11/h2-5,10-11,15H,1H3/t10-,11-/m1/s1. The quantitative estimate of drug-likeness (QED) is 0.824. The molecule has 3 nitrogen and oxygen atoms in total. The first kappa shape index (κ1) is 12.8. The third kappa shape index (κ3) is 2.46. The summed E-state index contributed by atoms with van der Waals surface area (Å²) in [6.45, 7) is 1.97. The Balaban J connectivity index is 2.25. The Labute approximate surface area is 116 Å². The maximum absolute atomic E-state index is 11.3. The van der Waals surface area contributed by atoms with Crippen LogP contribution in [0.1, 0.15) is 17.2 Å². The van der Waals surface area contributed by atoms with Gasteiger partial charge < -0.3 is 9.84 Å². The highest BCUT2D eigenvalue weighted by Gasteiger charge is 2.36. The van der Waals surface area contributed by atoms with Gasteiger partial charge in [-0.15, -0.1) is 0 Å². The van der Waals surface area contributed by atoms with Gasteiger partial charge in [0.2, 0.25) is 0 Å². The van der Waals surface area contributed by atoms with Crippen molar-refractivity contribution in [3.05, 3.63) is 44.4 Å². The van der Waals surface area contributed by atoms with Gasteiger partial charge in [0.05, 0.1) is 4.48 Å². The van der Waals surface area contributed by atoms with E-state index < -0.39 is 18.2 Å². The van der Waals surface area contributed by atoms with E-state index in [0.29, 0.717) is 14.5 Å². The highest BCUT2D eigenvalue weighted by atomic mass is 79.9. The molecular formula is C12H10Br2O3. The Hall–Kier alpha value is -0.650. The van der Waals surface area contributed by atoms with Gasteiger partial charge >= 0.3 is 5.97 Å². The summed E-state index contributed by atoms with van der Waals surface area (Å²) >= 11 is 6.36. The number of aliphatic hydroxyl groups excluding tert-OH is 1. The lowest BCUT2D eigenvalue weighted by Gasteiger charge is -2.18. The fraction of sp³-hybridized carbons (Fsp3) is 0.250. The highest BCUT2D eigenvalue weighted by molar-refractivity contribution is 9.14. The number of aliphatic hydroxyl groups is 1. The summed E-state index contributed by atoms with van der Waals surface area (Å²) < 4.78 is 5.94. The van der Waals surface area contributed by atoms with Crippen molar-refractivity contribution < 1.29 is 14.6 Å². The molecule has 0 fully saturated rings. The van der Waals surface area contributed by atoms with Crippen LogP contribution >= 0.6 is 31.9 Å². The molecule has 0 aliphatic carbocycles. The number of halogens is 2. The number of hydrogen-bond acceptors (Lipinski definition) is 3. The second-order valence-electron chi connectivity index (χ2n) is 3.84. The first-order chi connectivity index (χ1) is 8.00. The molecule has 1 aromatic rings. The van der Waals surface area contributed by atoms with Gasteiger partial charge in [-0.3, -0.25) is 0 Å². The normalized spacial score (nSPS) is 21.6. The lowest BCUT2D eigenvalue weighted by molar-refractivity contribution is -0.143. The molecule has 17 heavy (non-hydrogen) atoms. The molecular weight excluding hydrogens is 352 g/mol. The summed E-state index contributed by atoms with van der Waals surface area (Å²) in [5.74, 6) is -0.465. The lowest BCUT2D eigenvalue weighted by Crippen LogP contribution is -2.20. The van der Waals surface area contributed by atoms with Gasteiger partial charge in [-0.2, -0.15) is 0 Å². The number of benzene rings is 1. The zero-order chi connectivity index (χ0) is 12.6. The Bertz CT molecular complexity index is 479. The molecule has 0 unspecified atom stereocenters. The number of carbonyl (C=O) groups excluding carboxylic acids is 1. The largest absolute Gasteiger partial charge is 0.450 e. The van der Waals surface area contributed by atoms with Crippen molar-refractivity contribution >= 4 is 37.8 Å². The molecule has 0 radical (unpaired) electrons. The van der Waals surface area contributed by atoms with Crippen molar-refractivity contribution in [3.8, 4) is 0 Å². The molecule has 0 saturated carbocycles. The van der Waals surface area contributed by atoms with E-state index in [2.05, 4.69) is 31.9 Å². The zero-order valence-corrected chi connectivity index (χ0v) is 12.2. The summed E-state index contributed by atoms with van der Waals surface area (Å²) in [6, 6.07) is 7.45. The second kappa shape index (κ2) is 4.92. The predicted molar refractivity (Wildman–Crippen MR) is 70.9 cm³/mol. The molecule has 1 N–H and O–H groups in total. The zero-order valence-electron chi connectivity index (χ0n) is 8.98. The van der Waals surface area contributed by atoms with Gasteiger partial charge in [0.15, 0.2) is 6.10 Å². The predicted octanol–water partition coefficient (Wildman–Crippen LogP) is 2.96. The van der Waals surface area contributed by atoms with Crippen LogP contribution in [0.2, 0.25) is 0 Å². The number of ether oxygens (including phenoxy) is 1. The molecule has 2 atom stereocenters. The molecule has 5 heteroatoms. The molecule has 1 aliphatic rings. The van der Waals surface area contributed by atoms with Crippen molar-refractivity contribution in [1.82, 2.24) is 0 Å². The van der Waals surface area contributed by atoms with E-state index in [0.717, 1.165) is 5.56 Å². The Morgan fingerprint density at radius 1 is 1.29 bits per heavy atom. The average molecular weight is 362 g/mol. The van der Waals surface area contributed by atoms with Gasteiger partial charge in [0.25, 0.3) is 0 Å². The van der Waals surface area contributed by atoms with Crippen molar-refractivity contribution in [1.29, 1.82) is 0 Å². The number of cyclic esters (lactones) is 1. The molecule has 0 amide bonds. The van der Waals surface area contributed by atoms with E-state index in [4.69, 9.17) is 4.74 Å². The van der Waals surface area contributed by atoms with E-state index in [-0.39, 0.29) is 0 Å². The van der Waals surface area contributed by atoms with Crippen LogP contribution < -0.4 is 0 Å². The Morgan fingerprint density at radius 2 is 1.88 bits per heavy atom. The SMILES string of the molecule is Cc1ccc([C@@H](O)[C@@H]2OC(=O)C(Br)=C2Br)cc1. The number of aryl methyl sites for hydroxylation is 1. The van der Waals surface area contributed by atoms with E-state index in [9.17, 15) is 9.90 Å². The Kier molecular flexibility index (Phi) is 3.70. The molecule has 1 aliphatic heterocycles. The molecule has 1 aromatic carbocycles. The molecule has 1 heterocycles. The maximum Gasteiger partial charge on any atom is 0.346 e. The molecule has 0 bridgehead atoms. The van der Waals surface area contributed by atoms with Crippen LogP contribution in [-0.4, -0.2) is 17.2 Å². The summed E-state index contributed by atoms with van der Waals surface area (Å²) in [5, 5.41) is 10.2. The fourth-order valence-electron chi connectivity index (χ4n) is 1.58. The summed E-state index contributed by atoms with van der Waals surface area (Å²) in [6.07, 6.45) is -1.55. The highest BCUT2D eigenvalue weighted by Crippen LogP contribution is 2.37. The van der Waals surface area contributed by atoms with Crippen LogP contribution in [-0.2, 0) is 9.53 Å². The maximum atomic E-state index is 11.3. The molecule has 0 spiro atoms. The Morgan fingerprint density at radius 3 is 2.35 bits per heavy atom. The van der Waals surface area contributed by atoms with Crippen molar-refractivity contribution in [3.63, 3.8) is 0 Å². The number of esters is 1. The summed E-state index contributed by atoms with van der Waals surface area (Å²) in [4.78, 5) is 11.3. The first-order valence-corrected chi connectivity index (χ1v) is 6.60. The van der Waals surface area contributed by atoms with Crippen LogP contribution in [0.4, 0.5) is 0 Å². The van der Waals surface area contributed by atoms with Crippen LogP contribution in [0.3, 0.4) is 0 Å². The van der Waals surface area contributed by atoms with Gasteiger partial charge in [-0.05, 0) is 44.3 Å². The third-order valence-corrected chi connectivity index (χ3v) is 4.71. The molecule has 90 valence electrons. The van der Waals surface area contributed by atoms with Crippen LogP contribution in [0.25, 0.3) is 0 Å². The molecule has 0 saturated heterocycles. The topological polar surface area (TPSA) is 46.5 Å². The molecule has 2 rings (SSSR count). The van der Waals surface area contributed by atoms with Crippen molar-refractivity contribution in [2.24, 2.45) is 0 Å². The minimum Gasteiger partial charge on any atom is -0.450 e. The van der Waals surface area contributed by atoms with Crippen LogP contribution in [0.5, 0.6) is 0 Å². The first-order valence-electron chi connectivity index (χ1n) is 5.01. The number of hydrogen-bond donors (Lipinski definition) is 1. The second-order valence-corrected chi connectivity index (χ2v) is 5.49. The minimum absolute atomic E-state index is 0.327. The van der Waals surface area contributed by atoms with Crippen LogP contribution in [0.15, 0.2) is 33.2 Å². The van der Waals surface area contributed by atoms with E-state index in [1.807, 2.05) is 31.2 Å². The van der Waals surface area contributed by atoms with Crippen molar-refractivity contribution in [2.75, 3.05) is 0 Å². The van der Waals surface area contributed by atoms with E-state index in [1.165, 1.54) is 0 Å². The van der Waals surface area contributed by atoms with Crippen LogP contribution in [0, 0.1) is 6.92 Å². The lowest BCUT2D eigenvalue weighted by atomic mass is 10.0. The van der Waals surface area contributed by atoms with Gasteiger partial charge in [-0.25, -0.2) is 4.79 Å². The monoisotopic (exact) mass is 360 g/mol. The summed E-state index contributed by atoms with van der Waals surface area (Å²) in [7, 11) is 0. The van der Waals surface area contributed by atoms with Gasteiger partial charge in [0, 0.05) is 0 Å².